The maximum atomic E-state index is 9.74. The first kappa shape index (κ1) is 17.9. The van der Waals surface area contributed by atoms with E-state index in [1.165, 1.54) is 6.20 Å². The molecular weight excluding hydrogens is 284 g/mol. The molecule has 9 nitrogen and oxygen atoms in total. The van der Waals surface area contributed by atoms with Crippen molar-refractivity contribution in [3.63, 3.8) is 0 Å². The third-order valence-electron chi connectivity index (χ3n) is 2.98. The van der Waals surface area contributed by atoms with Gasteiger partial charge in [-0.3, -0.25) is 9.97 Å². The van der Waals surface area contributed by atoms with Crippen LogP contribution in [-0.4, -0.2) is 83.3 Å². The number of aromatic nitrogens is 2. The van der Waals surface area contributed by atoms with Crippen LogP contribution in [0.1, 0.15) is 17.5 Å². The van der Waals surface area contributed by atoms with E-state index in [9.17, 15) is 25.5 Å². The minimum atomic E-state index is -1.61. The van der Waals surface area contributed by atoms with Gasteiger partial charge in [-0.2, -0.15) is 0 Å². The minimum Gasteiger partial charge on any atom is -0.394 e. The van der Waals surface area contributed by atoms with E-state index >= 15 is 0 Å². The summed E-state index contributed by atoms with van der Waals surface area (Å²) in [6.45, 7) is -1.30. The highest BCUT2D eigenvalue weighted by atomic mass is 16.4. The molecule has 1 heterocycles. The SMILES string of the molecule is OC[C@@H](O)[C@H](O)Cc1cnc([C@@H](O)[C@@H](O)[C@@H](O)CO)cn1. The zero-order valence-electron chi connectivity index (χ0n) is 11.2. The van der Waals surface area contributed by atoms with Gasteiger partial charge in [0, 0.05) is 12.6 Å². The Morgan fingerprint density at radius 3 is 1.90 bits per heavy atom. The van der Waals surface area contributed by atoms with Crippen LogP contribution in [0.5, 0.6) is 0 Å². The van der Waals surface area contributed by atoms with Crippen molar-refractivity contribution in [1.29, 1.82) is 0 Å². The van der Waals surface area contributed by atoms with E-state index in [0.717, 1.165) is 6.20 Å². The summed E-state index contributed by atoms with van der Waals surface area (Å²) in [6, 6.07) is 0. The largest absolute Gasteiger partial charge is 0.394 e. The lowest BCUT2D eigenvalue weighted by molar-refractivity contribution is -0.0790. The lowest BCUT2D eigenvalue weighted by atomic mass is 10.1. The Morgan fingerprint density at radius 2 is 1.43 bits per heavy atom. The van der Waals surface area contributed by atoms with Crippen molar-refractivity contribution in [3.8, 4) is 0 Å². The van der Waals surface area contributed by atoms with Gasteiger partial charge in [-0.05, 0) is 0 Å². The molecule has 0 amide bonds. The highest BCUT2D eigenvalue weighted by Gasteiger charge is 2.26. The molecule has 1 aromatic rings. The molecule has 0 aliphatic heterocycles. The Labute approximate surface area is 120 Å². The van der Waals surface area contributed by atoms with E-state index in [0.29, 0.717) is 5.69 Å². The number of nitrogens with zero attached hydrogens (tertiary/aromatic N) is 2. The fraction of sp³-hybridized carbons (Fsp3) is 0.667. The summed E-state index contributed by atoms with van der Waals surface area (Å²) in [5, 5.41) is 64.6. The molecule has 0 spiro atoms. The first-order valence-corrected chi connectivity index (χ1v) is 6.33. The Kier molecular flexibility index (Phi) is 7.05. The zero-order chi connectivity index (χ0) is 16.0. The third-order valence-corrected chi connectivity index (χ3v) is 2.98. The molecule has 0 aliphatic carbocycles. The highest BCUT2D eigenvalue weighted by molar-refractivity contribution is 5.08. The van der Waals surface area contributed by atoms with Crippen LogP contribution in [0.3, 0.4) is 0 Å². The first-order valence-electron chi connectivity index (χ1n) is 6.33. The van der Waals surface area contributed by atoms with Crippen molar-refractivity contribution in [1.82, 2.24) is 9.97 Å². The molecule has 0 aliphatic rings. The summed E-state index contributed by atoms with van der Waals surface area (Å²) in [5.41, 5.74) is 0.291. The van der Waals surface area contributed by atoms with Crippen LogP contribution in [0.4, 0.5) is 0 Å². The smallest absolute Gasteiger partial charge is 0.126 e. The molecule has 1 rings (SSSR count). The van der Waals surface area contributed by atoms with Crippen LogP contribution in [0.15, 0.2) is 12.4 Å². The quantitative estimate of drug-likeness (QED) is 0.257. The van der Waals surface area contributed by atoms with E-state index in [4.69, 9.17) is 10.2 Å². The number of hydrogen-bond donors (Lipinski definition) is 7. The molecule has 0 saturated heterocycles. The first-order chi connectivity index (χ1) is 9.90. The van der Waals surface area contributed by atoms with Crippen molar-refractivity contribution in [2.45, 2.75) is 36.9 Å². The van der Waals surface area contributed by atoms with Gasteiger partial charge >= 0.3 is 0 Å². The Balaban J connectivity index is 2.69. The summed E-state index contributed by atoms with van der Waals surface area (Å²) >= 11 is 0. The summed E-state index contributed by atoms with van der Waals surface area (Å²) in [5.74, 6) is 0. The Bertz CT molecular complexity index is 417. The summed E-state index contributed by atoms with van der Waals surface area (Å²) in [4.78, 5) is 7.73. The molecule has 0 unspecified atom stereocenters. The monoisotopic (exact) mass is 304 g/mol. The van der Waals surface area contributed by atoms with Gasteiger partial charge in [0.15, 0.2) is 0 Å². The van der Waals surface area contributed by atoms with Crippen molar-refractivity contribution >= 4 is 0 Å². The molecule has 0 bridgehead atoms. The van der Waals surface area contributed by atoms with E-state index in [1.807, 2.05) is 0 Å². The maximum Gasteiger partial charge on any atom is 0.126 e. The summed E-state index contributed by atoms with van der Waals surface area (Å²) < 4.78 is 0. The molecule has 1 aromatic heterocycles. The second-order valence-corrected chi connectivity index (χ2v) is 4.64. The lowest BCUT2D eigenvalue weighted by Crippen LogP contribution is -2.35. The molecule has 0 saturated carbocycles. The molecule has 0 aromatic carbocycles. The van der Waals surface area contributed by atoms with Crippen molar-refractivity contribution in [2.75, 3.05) is 13.2 Å². The van der Waals surface area contributed by atoms with Crippen molar-refractivity contribution < 1.29 is 35.7 Å². The number of hydrogen-bond acceptors (Lipinski definition) is 9. The van der Waals surface area contributed by atoms with Gasteiger partial charge < -0.3 is 35.7 Å². The van der Waals surface area contributed by atoms with Gasteiger partial charge in [0.25, 0.3) is 0 Å². The normalized spacial score (nSPS) is 18.8. The maximum absolute atomic E-state index is 9.74. The van der Waals surface area contributed by atoms with Crippen LogP contribution in [-0.2, 0) is 6.42 Å². The van der Waals surface area contributed by atoms with Crippen LogP contribution in [0, 0.1) is 0 Å². The van der Waals surface area contributed by atoms with Gasteiger partial charge in [-0.25, -0.2) is 0 Å². The molecule has 5 atom stereocenters. The van der Waals surface area contributed by atoms with E-state index in [-0.39, 0.29) is 12.1 Å². The van der Waals surface area contributed by atoms with Gasteiger partial charge in [0.1, 0.15) is 24.4 Å². The summed E-state index contributed by atoms with van der Waals surface area (Å²) in [6.07, 6.45) is -4.83. The average Bonchev–Trinajstić information content (AvgIpc) is 2.52. The van der Waals surface area contributed by atoms with E-state index in [1.54, 1.807) is 0 Å². The molecule has 0 fully saturated rings. The summed E-state index contributed by atoms with van der Waals surface area (Å²) in [7, 11) is 0. The predicted molar refractivity (Wildman–Crippen MR) is 68.9 cm³/mol. The standard InChI is InChI=1S/C12H20N2O7/c15-4-9(18)8(17)1-6-2-14-7(3-13-6)11(20)12(21)10(19)5-16/h2-3,8-12,15-21H,1,4-5H2/t8-,9-,10+,11-,12+/m1/s1. The third kappa shape index (κ3) is 4.93. The van der Waals surface area contributed by atoms with Crippen LogP contribution in [0.25, 0.3) is 0 Å². The van der Waals surface area contributed by atoms with Crippen molar-refractivity contribution in [3.05, 3.63) is 23.8 Å². The number of aliphatic hydroxyl groups excluding tert-OH is 7. The zero-order valence-corrected chi connectivity index (χ0v) is 11.2. The molecule has 9 heteroatoms. The second-order valence-electron chi connectivity index (χ2n) is 4.64. The average molecular weight is 304 g/mol. The fourth-order valence-corrected chi connectivity index (χ4v) is 1.59. The Hall–Kier alpha value is -1.20. The van der Waals surface area contributed by atoms with Crippen molar-refractivity contribution in [2.24, 2.45) is 0 Å². The molecule has 7 N–H and O–H groups in total. The molecule has 120 valence electrons. The van der Waals surface area contributed by atoms with Crippen LogP contribution < -0.4 is 0 Å². The fourth-order valence-electron chi connectivity index (χ4n) is 1.59. The van der Waals surface area contributed by atoms with E-state index < -0.39 is 43.7 Å². The molecular formula is C12H20N2O7. The van der Waals surface area contributed by atoms with Crippen LogP contribution in [0.2, 0.25) is 0 Å². The Morgan fingerprint density at radius 1 is 0.810 bits per heavy atom. The lowest BCUT2D eigenvalue weighted by Gasteiger charge is -2.21. The number of aliphatic hydroxyl groups is 7. The molecule has 0 radical (unpaired) electrons. The minimum absolute atomic E-state index is 0.0176. The molecule has 21 heavy (non-hydrogen) atoms. The van der Waals surface area contributed by atoms with Crippen LogP contribution >= 0.6 is 0 Å². The van der Waals surface area contributed by atoms with Gasteiger partial charge in [-0.1, -0.05) is 0 Å². The van der Waals surface area contributed by atoms with E-state index in [2.05, 4.69) is 9.97 Å². The van der Waals surface area contributed by atoms with Gasteiger partial charge in [-0.15, -0.1) is 0 Å². The van der Waals surface area contributed by atoms with Gasteiger partial charge in [0.2, 0.25) is 0 Å². The predicted octanol–water partition coefficient (Wildman–Crippen LogP) is -3.52. The highest BCUT2D eigenvalue weighted by Crippen LogP contribution is 2.16. The topological polar surface area (TPSA) is 167 Å². The number of rotatable bonds is 8. The second kappa shape index (κ2) is 8.29. The van der Waals surface area contributed by atoms with Gasteiger partial charge in [0.05, 0.1) is 36.9 Å².